The molecule has 36 heavy (non-hydrogen) atoms. The van der Waals surface area contributed by atoms with Crippen molar-refractivity contribution in [2.75, 3.05) is 19.1 Å². The summed E-state index contributed by atoms with van der Waals surface area (Å²) in [5, 5.41) is 14.0. The molecule has 0 saturated carbocycles. The average Bonchev–Trinajstić information content (AvgIpc) is 3.50. The number of fused-ring (bicyclic) bond motifs is 5. The summed E-state index contributed by atoms with van der Waals surface area (Å²) in [7, 11) is 3.27. The second-order valence-corrected chi connectivity index (χ2v) is 10.8. The van der Waals surface area contributed by atoms with E-state index in [0.717, 1.165) is 11.1 Å². The molecule has 2 saturated heterocycles. The number of nitrogens with one attached hydrogen (secondary N) is 1. The normalized spacial score (nSPS) is 35.6. The first-order valence-corrected chi connectivity index (χ1v) is 12.7. The lowest BCUT2D eigenvalue weighted by molar-refractivity contribution is -0.118. The number of allylic oxidation sites excluding steroid dienone is 3. The van der Waals surface area contributed by atoms with Gasteiger partial charge in [0.05, 0.1) is 24.5 Å². The van der Waals surface area contributed by atoms with Crippen LogP contribution in [0.25, 0.3) is 0 Å². The van der Waals surface area contributed by atoms with Crippen LogP contribution in [0.1, 0.15) is 52.0 Å². The lowest BCUT2D eigenvalue weighted by Crippen LogP contribution is -2.57. The Labute approximate surface area is 217 Å². The van der Waals surface area contributed by atoms with Gasteiger partial charge in [0.1, 0.15) is 22.6 Å². The van der Waals surface area contributed by atoms with Crippen LogP contribution in [-0.4, -0.2) is 54.8 Å². The summed E-state index contributed by atoms with van der Waals surface area (Å²) in [6.45, 7) is 5.92. The van der Waals surface area contributed by atoms with Gasteiger partial charge in [-0.15, -0.1) is 0 Å². The molecule has 2 N–H and O–H groups in total. The van der Waals surface area contributed by atoms with Gasteiger partial charge in [-0.3, -0.25) is 10.1 Å². The standard InChI is InChI=1S/C27H35ClN2O6/c1-16-8-6-7-10-27(33)15-21(35-25(32)29-27)17(2)24-26(3,36-24)11-9-22(31)30(4)19-13-18(12-16)14-20(34-5)23(19)28/h6-8,13-14,17,21,24,33H,9-12,15H2,1-5H3,(H,29,32)/b7-6+,16-8+/t17?,21?,24?,26?,27-/m1/s1. The van der Waals surface area contributed by atoms with Gasteiger partial charge < -0.3 is 24.2 Å². The van der Waals surface area contributed by atoms with Crippen LogP contribution < -0.4 is 15.0 Å². The number of hydrogen-bond donors (Lipinski definition) is 2. The van der Waals surface area contributed by atoms with Crippen molar-refractivity contribution in [3.05, 3.63) is 46.5 Å². The van der Waals surface area contributed by atoms with Gasteiger partial charge in [0.15, 0.2) is 0 Å². The molecular formula is C27H35ClN2O6. The first-order chi connectivity index (χ1) is 16.9. The van der Waals surface area contributed by atoms with E-state index in [1.165, 1.54) is 0 Å². The van der Waals surface area contributed by atoms with Gasteiger partial charge in [-0.25, -0.2) is 4.79 Å². The zero-order chi connectivity index (χ0) is 26.3. The van der Waals surface area contributed by atoms with E-state index in [0.29, 0.717) is 29.3 Å². The number of methoxy groups -OCH3 is 1. The minimum absolute atomic E-state index is 0.0879. The second kappa shape index (κ2) is 10.1. The molecule has 4 unspecified atom stereocenters. The molecule has 196 valence electrons. The van der Waals surface area contributed by atoms with E-state index >= 15 is 0 Å². The first kappa shape index (κ1) is 26.5. The molecule has 0 aliphatic carbocycles. The Bertz CT molecular complexity index is 1100. The number of epoxide rings is 1. The van der Waals surface area contributed by atoms with E-state index in [2.05, 4.69) is 5.32 Å². The fourth-order valence-electron chi connectivity index (χ4n) is 5.19. The van der Waals surface area contributed by atoms with E-state index in [9.17, 15) is 14.7 Å². The van der Waals surface area contributed by atoms with Crippen LogP contribution in [0.2, 0.25) is 5.02 Å². The largest absolute Gasteiger partial charge is 0.495 e. The van der Waals surface area contributed by atoms with E-state index in [1.807, 2.05) is 51.1 Å². The van der Waals surface area contributed by atoms with Gasteiger partial charge in [-0.1, -0.05) is 42.3 Å². The molecule has 0 radical (unpaired) electrons. The molecule has 0 aromatic heterocycles. The maximum Gasteiger partial charge on any atom is 0.409 e. The zero-order valence-corrected chi connectivity index (χ0v) is 22.2. The van der Waals surface area contributed by atoms with Gasteiger partial charge in [0.2, 0.25) is 5.91 Å². The Morgan fingerprint density at radius 3 is 2.78 bits per heavy atom. The fraction of sp³-hybridized carbons (Fsp3) is 0.556. The summed E-state index contributed by atoms with van der Waals surface area (Å²) < 4.78 is 17.0. The van der Waals surface area contributed by atoms with Crippen molar-refractivity contribution < 1.29 is 28.9 Å². The molecule has 8 nitrogen and oxygen atoms in total. The summed E-state index contributed by atoms with van der Waals surface area (Å²) >= 11 is 6.59. The number of carbonyl (C=O) groups excluding carboxylic acids is 2. The third-order valence-electron chi connectivity index (χ3n) is 7.46. The summed E-state index contributed by atoms with van der Waals surface area (Å²) in [5.41, 5.74) is 0.692. The summed E-state index contributed by atoms with van der Waals surface area (Å²) in [6, 6.07) is 3.79. The number of amides is 2. The molecule has 4 bridgehead atoms. The number of anilines is 1. The smallest absolute Gasteiger partial charge is 0.409 e. The molecule has 9 heteroatoms. The highest BCUT2D eigenvalue weighted by atomic mass is 35.5. The van der Waals surface area contributed by atoms with Crippen molar-refractivity contribution in [2.24, 2.45) is 5.92 Å². The van der Waals surface area contributed by atoms with Crippen molar-refractivity contribution in [1.29, 1.82) is 0 Å². The molecule has 3 aliphatic rings. The summed E-state index contributed by atoms with van der Waals surface area (Å²) in [4.78, 5) is 27.0. The number of halogens is 1. The van der Waals surface area contributed by atoms with E-state index < -0.39 is 23.5 Å². The molecular weight excluding hydrogens is 484 g/mol. The minimum Gasteiger partial charge on any atom is -0.495 e. The van der Waals surface area contributed by atoms with Crippen LogP contribution in [0, 0.1) is 5.92 Å². The summed E-state index contributed by atoms with van der Waals surface area (Å²) in [6.07, 6.45) is 6.20. The van der Waals surface area contributed by atoms with Gasteiger partial charge >= 0.3 is 6.09 Å². The van der Waals surface area contributed by atoms with Crippen LogP contribution >= 0.6 is 11.6 Å². The SMILES string of the molecule is COc1cc2cc(c1Cl)N(C)C(=O)CCC1(C)OC1C(C)C1C[C@](O)(C/C=C/C=C(\C)C2)NC(=O)O1. The number of hydrogen-bond acceptors (Lipinski definition) is 6. The highest BCUT2D eigenvalue weighted by molar-refractivity contribution is 6.35. The Kier molecular flexibility index (Phi) is 7.42. The predicted octanol–water partition coefficient (Wildman–Crippen LogP) is 4.52. The van der Waals surface area contributed by atoms with Crippen LogP contribution in [-0.2, 0) is 20.7 Å². The monoisotopic (exact) mass is 518 g/mol. The number of rotatable bonds is 1. The molecule has 1 aromatic carbocycles. The van der Waals surface area contributed by atoms with Crippen molar-refractivity contribution in [3.63, 3.8) is 0 Å². The first-order valence-electron chi connectivity index (χ1n) is 12.3. The molecule has 3 aliphatic heterocycles. The molecule has 4 rings (SSSR count). The molecule has 1 aromatic rings. The lowest BCUT2D eigenvalue weighted by atomic mass is 9.85. The fourth-order valence-corrected chi connectivity index (χ4v) is 5.51. The van der Waals surface area contributed by atoms with Crippen molar-refractivity contribution >= 4 is 29.3 Å². The Hall–Kier alpha value is -2.55. The molecule has 5 atom stereocenters. The van der Waals surface area contributed by atoms with Crippen LogP contribution in [0.3, 0.4) is 0 Å². The quantitative estimate of drug-likeness (QED) is 0.530. The number of ether oxygens (including phenoxy) is 3. The van der Waals surface area contributed by atoms with Crippen LogP contribution in [0.4, 0.5) is 10.5 Å². The second-order valence-electron chi connectivity index (χ2n) is 10.4. The van der Waals surface area contributed by atoms with Crippen LogP contribution in [0.15, 0.2) is 35.9 Å². The number of benzene rings is 1. The molecule has 0 spiro atoms. The highest BCUT2D eigenvalue weighted by Crippen LogP contribution is 2.47. The van der Waals surface area contributed by atoms with Gasteiger partial charge in [-0.05, 0) is 44.4 Å². The van der Waals surface area contributed by atoms with Crippen molar-refractivity contribution in [1.82, 2.24) is 5.32 Å². The minimum atomic E-state index is -1.40. The van der Waals surface area contributed by atoms with Crippen molar-refractivity contribution in [2.45, 2.75) is 76.4 Å². The Morgan fingerprint density at radius 1 is 1.31 bits per heavy atom. The Balaban J connectivity index is 1.66. The number of aliphatic hydroxyl groups is 1. The molecule has 2 amide bonds. The number of carbonyl (C=O) groups is 2. The topological polar surface area (TPSA) is 101 Å². The molecule has 3 heterocycles. The van der Waals surface area contributed by atoms with E-state index in [4.69, 9.17) is 25.8 Å². The van der Waals surface area contributed by atoms with E-state index in [-0.39, 0.29) is 37.2 Å². The Morgan fingerprint density at radius 2 is 2.06 bits per heavy atom. The summed E-state index contributed by atoms with van der Waals surface area (Å²) in [5.74, 6) is 0.272. The van der Waals surface area contributed by atoms with E-state index in [1.54, 1.807) is 19.1 Å². The number of alkyl carbamates (subject to hydrolysis) is 1. The molecule has 2 fully saturated rings. The lowest BCUT2D eigenvalue weighted by Gasteiger charge is -2.38. The van der Waals surface area contributed by atoms with Crippen molar-refractivity contribution in [3.8, 4) is 5.75 Å². The predicted molar refractivity (Wildman–Crippen MR) is 137 cm³/mol. The average molecular weight is 519 g/mol. The van der Waals surface area contributed by atoms with Gasteiger partial charge in [0, 0.05) is 32.2 Å². The maximum absolute atomic E-state index is 13.2. The third-order valence-corrected chi connectivity index (χ3v) is 7.84. The third kappa shape index (κ3) is 5.56. The maximum atomic E-state index is 13.2. The van der Waals surface area contributed by atoms with Gasteiger partial charge in [0.25, 0.3) is 0 Å². The zero-order valence-electron chi connectivity index (χ0n) is 21.5. The highest BCUT2D eigenvalue weighted by Gasteiger charge is 2.58. The van der Waals surface area contributed by atoms with Gasteiger partial charge in [-0.2, -0.15) is 0 Å². The van der Waals surface area contributed by atoms with Crippen LogP contribution in [0.5, 0.6) is 5.75 Å². The number of nitrogens with zero attached hydrogens (tertiary/aromatic N) is 1.